The Hall–Kier alpha value is -3.20. The monoisotopic (exact) mass is 308 g/mol. The number of benzene rings is 1. The van der Waals surface area contributed by atoms with E-state index in [4.69, 9.17) is 10.00 Å². The van der Waals surface area contributed by atoms with Crippen LogP contribution in [0.5, 0.6) is 5.88 Å². The summed E-state index contributed by atoms with van der Waals surface area (Å²) in [6.07, 6.45) is 5.27. The molecular weight excluding hydrogens is 295 g/mol. The number of hydrogen-bond donors (Lipinski definition) is 0. The van der Waals surface area contributed by atoms with E-state index in [0.29, 0.717) is 11.4 Å². The van der Waals surface area contributed by atoms with E-state index in [2.05, 4.69) is 10.1 Å². The van der Waals surface area contributed by atoms with Gasteiger partial charge in [-0.1, -0.05) is 6.07 Å². The maximum atomic E-state index is 13.8. The number of pyridine rings is 1. The maximum Gasteiger partial charge on any atom is 0.214 e. The molecule has 0 N–H and O–H groups in total. The summed E-state index contributed by atoms with van der Waals surface area (Å²) in [7, 11) is 1.84. The Balaban J connectivity index is 1.75. The molecule has 0 spiro atoms. The zero-order valence-corrected chi connectivity index (χ0v) is 12.4. The second-order valence-electron chi connectivity index (χ2n) is 4.99. The molecule has 2 aromatic heterocycles. The van der Waals surface area contributed by atoms with E-state index in [1.807, 2.05) is 25.4 Å². The second kappa shape index (κ2) is 6.28. The number of rotatable bonds is 4. The Bertz CT molecular complexity index is 882. The van der Waals surface area contributed by atoms with E-state index >= 15 is 0 Å². The minimum absolute atomic E-state index is 0.0427. The van der Waals surface area contributed by atoms with Crippen LogP contribution in [0, 0.1) is 17.1 Å². The molecule has 3 aromatic rings. The van der Waals surface area contributed by atoms with E-state index in [1.54, 1.807) is 35.3 Å². The van der Waals surface area contributed by atoms with Crippen LogP contribution in [0.3, 0.4) is 0 Å². The average molecular weight is 308 g/mol. The van der Waals surface area contributed by atoms with Gasteiger partial charge in [-0.3, -0.25) is 4.68 Å². The number of nitriles is 1. The highest BCUT2D eigenvalue weighted by atomic mass is 19.1. The van der Waals surface area contributed by atoms with Gasteiger partial charge in [-0.15, -0.1) is 0 Å². The normalized spacial score (nSPS) is 10.3. The van der Waals surface area contributed by atoms with Crippen molar-refractivity contribution >= 4 is 0 Å². The minimum Gasteiger partial charge on any atom is -0.473 e. The number of aromatic nitrogens is 3. The summed E-state index contributed by atoms with van der Waals surface area (Å²) in [6.45, 7) is 0.0427. The maximum absolute atomic E-state index is 13.8. The SMILES string of the molecule is Cn1cc(-c2ccnc(OCc3ccc(C#N)cc3F)c2)cn1. The van der Waals surface area contributed by atoms with Gasteiger partial charge in [0, 0.05) is 36.6 Å². The molecule has 0 fully saturated rings. The summed E-state index contributed by atoms with van der Waals surface area (Å²) in [5.74, 6) is -0.0671. The molecule has 6 heteroatoms. The van der Waals surface area contributed by atoms with Crippen LogP contribution in [-0.4, -0.2) is 14.8 Å². The zero-order chi connectivity index (χ0) is 16.2. The van der Waals surface area contributed by atoms with Crippen LogP contribution in [0.25, 0.3) is 11.1 Å². The van der Waals surface area contributed by atoms with Crippen molar-refractivity contribution in [3.8, 4) is 23.1 Å². The van der Waals surface area contributed by atoms with Gasteiger partial charge in [-0.2, -0.15) is 10.4 Å². The first-order valence-electron chi connectivity index (χ1n) is 6.92. The fourth-order valence-corrected chi connectivity index (χ4v) is 2.12. The Morgan fingerprint density at radius 1 is 1.26 bits per heavy atom. The summed E-state index contributed by atoms with van der Waals surface area (Å²) in [4.78, 5) is 4.13. The molecule has 23 heavy (non-hydrogen) atoms. The summed E-state index contributed by atoms with van der Waals surface area (Å²) >= 11 is 0. The number of aryl methyl sites for hydroxylation is 1. The Morgan fingerprint density at radius 3 is 2.83 bits per heavy atom. The third kappa shape index (κ3) is 3.35. The van der Waals surface area contributed by atoms with Gasteiger partial charge in [-0.25, -0.2) is 9.37 Å². The lowest BCUT2D eigenvalue weighted by atomic mass is 10.1. The first kappa shape index (κ1) is 14.7. The molecule has 0 saturated heterocycles. The molecule has 0 bridgehead atoms. The summed E-state index contributed by atoms with van der Waals surface area (Å²) in [5, 5.41) is 12.9. The molecular formula is C17H13FN4O. The molecule has 0 aliphatic carbocycles. The van der Waals surface area contributed by atoms with E-state index in [9.17, 15) is 4.39 Å². The molecule has 2 heterocycles. The second-order valence-corrected chi connectivity index (χ2v) is 4.99. The van der Waals surface area contributed by atoms with Crippen LogP contribution in [0.1, 0.15) is 11.1 Å². The fraction of sp³-hybridized carbons (Fsp3) is 0.118. The van der Waals surface area contributed by atoms with Gasteiger partial charge in [0.05, 0.1) is 17.8 Å². The van der Waals surface area contributed by atoms with Crippen molar-refractivity contribution in [1.29, 1.82) is 5.26 Å². The molecule has 0 radical (unpaired) electrons. The van der Waals surface area contributed by atoms with Crippen molar-refractivity contribution in [2.45, 2.75) is 6.61 Å². The van der Waals surface area contributed by atoms with Gasteiger partial charge in [0.25, 0.3) is 0 Å². The molecule has 0 unspecified atom stereocenters. The fourth-order valence-electron chi connectivity index (χ4n) is 2.12. The van der Waals surface area contributed by atoms with Crippen LogP contribution in [0.15, 0.2) is 48.9 Å². The predicted octanol–water partition coefficient (Wildman–Crippen LogP) is 3.07. The minimum atomic E-state index is -0.465. The summed E-state index contributed by atoms with van der Waals surface area (Å²) < 4.78 is 21.1. The Morgan fingerprint density at radius 2 is 2.13 bits per heavy atom. The van der Waals surface area contributed by atoms with Crippen LogP contribution in [0.2, 0.25) is 0 Å². The Kier molecular flexibility index (Phi) is 4.02. The summed E-state index contributed by atoms with van der Waals surface area (Å²) in [6, 6.07) is 9.82. The number of nitrogens with zero attached hydrogens (tertiary/aromatic N) is 4. The van der Waals surface area contributed by atoms with Gasteiger partial charge in [0.1, 0.15) is 12.4 Å². The molecule has 5 nitrogen and oxygen atoms in total. The van der Waals surface area contributed by atoms with E-state index in [0.717, 1.165) is 11.1 Å². The molecule has 3 rings (SSSR count). The van der Waals surface area contributed by atoms with Crippen molar-refractivity contribution in [1.82, 2.24) is 14.8 Å². The lowest BCUT2D eigenvalue weighted by molar-refractivity contribution is 0.288. The van der Waals surface area contributed by atoms with E-state index in [1.165, 1.54) is 6.07 Å². The van der Waals surface area contributed by atoms with E-state index < -0.39 is 5.82 Å². The van der Waals surface area contributed by atoms with Crippen LogP contribution >= 0.6 is 0 Å². The van der Waals surface area contributed by atoms with Gasteiger partial charge in [0.15, 0.2) is 0 Å². The largest absolute Gasteiger partial charge is 0.473 e. The molecule has 0 atom stereocenters. The molecule has 0 aliphatic rings. The first-order valence-corrected chi connectivity index (χ1v) is 6.92. The van der Waals surface area contributed by atoms with Crippen molar-refractivity contribution in [3.05, 3.63) is 65.9 Å². The lowest BCUT2D eigenvalue weighted by Gasteiger charge is -2.07. The molecule has 0 aliphatic heterocycles. The highest BCUT2D eigenvalue weighted by molar-refractivity contribution is 5.62. The van der Waals surface area contributed by atoms with Crippen molar-refractivity contribution in [3.63, 3.8) is 0 Å². The van der Waals surface area contributed by atoms with Crippen LogP contribution in [-0.2, 0) is 13.7 Å². The van der Waals surface area contributed by atoms with Gasteiger partial charge in [-0.05, 0) is 23.8 Å². The van der Waals surface area contributed by atoms with Crippen molar-refractivity contribution < 1.29 is 9.13 Å². The standard InChI is InChI=1S/C17H13FN4O/c1-22-10-15(9-21-22)13-4-5-20-17(7-13)23-11-14-3-2-12(8-19)6-16(14)18/h2-7,9-10H,11H2,1H3. The first-order chi connectivity index (χ1) is 11.2. The van der Waals surface area contributed by atoms with Crippen molar-refractivity contribution in [2.24, 2.45) is 7.05 Å². The average Bonchev–Trinajstić information content (AvgIpc) is 3.00. The number of halogens is 1. The van der Waals surface area contributed by atoms with E-state index in [-0.39, 0.29) is 12.2 Å². The van der Waals surface area contributed by atoms with Gasteiger partial charge >= 0.3 is 0 Å². The third-order valence-corrected chi connectivity index (χ3v) is 3.33. The Labute approximate surface area is 132 Å². The highest BCUT2D eigenvalue weighted by Crippen LogP contribution is 2.22. The topological polar surface area (TPSA) is 63.7 Å². The molecule has 0 amide bonds. The van der Waals surface area contributed by atoms with Gasteiger partial charge in [0.2, 0.25) is 5.88 Å². The lowest BCUT2D eigenvalue weighted by Crippen LogP contribution is -2.00. The molecule has 0 saturated carbocycles. The molecule has 114 valence electrons. The van der Waals surface area contributed by atoms with Crippen LogP contribution in [0.4, 0.5) is 4.39 Å². The van der Waals surface area contributed by atoms with Gasteiger partial charge < -0.3 is 4.74 Å². The van der Waals surface area contributed by atoms with Crippen molar-refractivity contribution in [2.75, 3.05) is 0 Å². The third-order valence-electron chi connectivity index (χ3n) is 3.33. The quantitative estimate of drug-likeness (QED) is 0.743. The highest BCUT2D eigenvalue weighted by Gasteiger charge is 2.07. The van der Waals surface area contributed by atoms with Crippen LogP contribution < -0.4 is 4.74 Å². The predicted molar refractivity (Wildman–Crippen MR) is 81.9 cm³/mol. The number of ether oxygens (including phenoxy) is 1. The molecule has 1 aromatic carbocycles. The number of hydrogen-bond acceptors (Lipinski definition) is 4. The zero-order valence-electron chi connectivity index (χ0n) is 12.4. The summed E-state index contributed by atoms with van der Waals surface area (Å²) in [5.41, 5.74) is 2.52. The smallest absolute Gasteiger partial charge is 0.214 e.